The van der Waals surface area contributed by atoms with Gasteiger partial charge in [-0.2, -0.15) is 0 Å². The molecule has 2 heterocycles. The van der Waals surface area contributed by atoms with Gasteiger partial charge in [-0.05, 0) is 29.1 Å². The summed E-state index contributed by atoms with van der Waals surface area (Å²) in [7, 11) is 1.31. The second-order valence-electron chi connectivity index (χ2n) is 5.82. The molecule has 2 amide bonds. The number of hydrogen-bond acceptors (Lipinski definition) is 6. The fourth-order valence-electron chi connectivity index (χ4n) is 2.65. The quantitative estimate of drug-likeness (QED) is 0.786. The van der Waals surface area contributed by atoms with Crippen LogP contribution in [0.2, 0.25) is 0 Å². The molecule has 0 unspecified atom stereocenters. The van der Waals surface area contributed by atoms with Crippen molar-refractivity contribution >= 4 is 34.7 Å². The van der Waals surface area contributed by atoms with Gasteiger partial charge in [0.2, 0.25) is 0 Å². The van der Waals surface area contributed by atoms with Crippen LogP contribution in [0.3, 0.4) is 0 Å². The highest BCUT2D eigenvalue weighted by atomic mass is 32.1. The molecule has 2 aromatic rings. The Morgan fingerprint density at radius 1 is 1.15 bits per heavy atom. The van der Waals surface area contributed by atoms with E-state index in [-0.39, 0.29) is 0 Å². The lowest BCUT2D eigenvalue weighted by molar-refractivity contribution is 0.0342. The Morgan fingerprint density at radius 2 is 1.88 bits per heavy atom. The van der Waals surface area contributed by atoms with Gasteiger partial charge in [0, 0.05) is 25.3 Å². The van der Waals surface area contributed by atoms with E-state index >= 15 is 0 Å². The van der Waals surface area contributed by atoms with Crippen molar-refractivity contribution in [1.82, 2.24) is 4.90 Å². The Bertz CT molecular complexity index is 754. The molecule has 3 rings (SSSR count). The number of ether oxygens (including phenoxy) is 2. The van der Waals surface area contributed by atoms with E-state index in [2.05, 4.69) is 15.5 Å². The van der Waals surface area contributed by atoms with Crippen LogP contribution in [0.4, 0.5) is 16.2 Å². The Kier molecular flexibility index (Phi) is 6.21. The zero-order chi connectivity index (χ0) is 18.4. The number of morpholine rings is 1. The van der Waals surface area contributed by atoms with Gasteiger partial charge in [-0.15, -0.1) is 11.3 Å². The minimum absolute atomic E-state index is 0.364. The molecule has 0 radical (unpaired) electrons. The minimum Gasteiger partial charge on any atom is -0.465 e. The van der Waals surface area contributed by atoms with Crippen molar-refractivity contribution < 1.29 is 19.1 Å². The number of benzene rings is 1. The first kappa shape index (κ1) is 18.4. The molecule has 7 nitrogen and oxygen atoms in total. The molecule has 0 bridgehead atoms. The summed E-state index contributed by atoms with van der Waals surface area (Å²) in [4.78, 5) is 26.5. The van der Waals surface area contributed by atoms with Crippen LogP contribution in [0.5, 0.6) is 0 Å². The third kappa shape index (κ3) is 4.81. The summed E-state index contributed by atoms with van der Waals surface area (Å²) < 4.78 is 10.0. The average molecular weight is 375 g/mol. The van der Waals surface area contributed by atoms with E-state index in [0.29, 0.717) is 16.3 Å². The molecular weight excluding hydrogens is 354 g/mol. The first-order valence-corrected chi connectivity index (χ1v) is 9.16. The summed E-state index contributed by atoms with van der Waals surface area (Å²) >= 11 is 1.22. The van der Waals surface area contributed by atoms with Crippen molar-refractivity contribution in [2.75, 3.05) is 44.0 Å². The highest BCUT2D eigenvalue weighted by Gasteiger charge is 2.15. The maximum Gasteiger partial charge on any atom is 0.350 e. The monoisotopic (exact) mass is 375 g/mol. The molecule has 1 fully saturated rings. The van der Waals surface area contributed by atoms with Crippen LogP contribution in [0.15, 0.2) is 35.7 Å². The highest BCUT2D eigenvalue weighted by molar-refractivity contribution is 7.12. The predicted octanol–water partition coefficient (Wildman–Crippen LogP) is 3.01. The fourth-order valence-corrected chi connectivity index (χ4v) is 3.42. The fraction of sp³-hybridized carbons (Fsp3) is 0.333. The molecular formula is C18H21N3O4S. The zero-order valence-corrected chi connectivity index (χ0v) is 15.3. The SMILES string of the molecule is COC(=O)c1sccc1NC(=O)Nc1ccc(CN2CCOCC2)cc1. The third-order valence-electron chi connectivity index (χ3n) is 4.01. The van der Waals surface area contributed by atoms with Crippen LogP contribution in [0, 0.1) is 0 Å². The topological polar surface area (TPSA) is 79.9 Å². The molecule has 26 heavy (non-hydrogen) atoms. The van der Waals surface area contributed by atoms with Gasteiger partial charge in [0.25, 0.3) is 0 Å². The molecule has 0 spiro atoms. The first-order chi connectivity index (χ1) is 12.7. The van der Waals surface area contributed by atoms with Crippen LogP contribution in [0.25, 0.3) is 0 Å². The third-order valence-corrected chi connectivity index (χ3v) is 4.90. The number of nitrogens with zero attached hydrogens (tertiary/aromatic N) is 1. The lowest BCUT2D eigenvalue weighted by atomic mass is 10.2. The number of carbonyl (C=O) groups is 2. The van der Waals surface area contributed by atoms with Crippen molar-refractivity contribution in [1.29, 1.82) is 0 Å². The van der Waals surface area contributed by atoms with Gasteiger partial charge >= 0.3 is 12.0 Å². The summed E-state index contributed by atoms with van der Waals surface area (Å²) in [6, 6.07) is 8.98. The normalized spacial score (nSPS) is 14.7. The average Bonchev–Trinajstić information content (AvgIpc) is 3.11. The second kappa shape index (κ2) is 8.79. The predicted molar refractivity (Wildman–Crippen MR) is 101 cm³/mol. The first-order valence-electron chi connectivity index (χ1n) is 8.28. The summed E-state index contributed by atoms with van der Waals surface area (Å²) in [6.45, 7) is 4.29. The molecule has 0 aliphatic carbocycles. The molecule has 2 N–H and O–H groups in total. The number of thiophene rings is 1. The van der Waals surface area contributed by atoms with Gasteiger partial charge in [-0.1, -0.05) is 12.1 Å². The molecule has 1 aliphatic rings. The Balaban J connectivity index is 1.54. The van der Waals surface area contributed by atoms with Crippen LogP contribution < -0.4 is 10.6 Å². The lowest BCUT2D eigenvalue weighted by Gasteiger charge is -2.26. The van der Waals surface area contributed by atoms with Crippen molar-refractivity contribution in [2.24, 2.45) is 0 Å². The smallest absolute Gasteiger partial charge is 0.350 e. The zero-order valence-electron chi connectivity index (χ0n) is 14.5. The molecule has 0 atom stereocenters. The number of rotatable bonds is 5. The van der Waals surface area contributed by atoms with Gasteiger partial charge in [-0.3, -0.25) is 4.90 Å². The van der Waals surface area contributed by atoms with E-state index in [0.717, 1.165) is 32.8 Å². The van der Waals surface area contributed by atoms with Crippen LogP contribution in [-0.2, 0) is 16.0 Å². The van der Waals surface area contributed by atoms with E-state index in [1.165, 1.54) is 24.0 Å². The molecule has 0 saturated carbocycles. The second-order valence-corrected chi connectivity index (χ2v) is 6.74. The van der Waals surface area contributed by atoms with Crippen molar-refractivity contribution in [3.8, 4) is 0 Å². The number of esters is 1. The molecule has 1 aromatic carbocycles. The Labute approximate surface area is 155 Å². The van der Waals surface area contributed by atoms with Crippen LogP contribution in [0.1, 0.15) is 15.2 Å². The molecule has 138 valence electrons. The molecule has 1 aliphatic heterocycles. The number of urea groups is 1. The van der Waals surface area contributed by atoms with E-state index in [4.69, 9.17) is 9.47 Å². The number of hydrogen-bond donors (Lipinski definition) is 2. The summed E-state index contributed by atoms with van der Waals surface area (Å²) in [6.07, 6.45) is 0. The highest BCUT2D eigenvalue weighted by Crippen LogP contribution is 2.23. The van der Waals surface area contributed by atoms with E-state index in [1.807, 2.05) is 24.3 Å². The number of methoxy groups -OCH3 is 1. The standard InChI is InChI=1S/C18H21N3O4S/c1-24-17(22)16-15(6-11-26-16)20-18(23)19-14-4-2-13(3-5-14)12-21-7-9-25-10-8-21/h2-6,11H,7-10,12H2,1H3,(H2,19,20,23). The van der Waals surface area contributed by atoms with Crippen LogP contribution >= 0.6 is 11.3 Å². The van der Waals surface area contributed by atoms with E-state index in [9.17, 15) is 9.59 Å². The number of amides is 2. The number of anilines is 2. The van der Waals surface area contributed by atoms with Crippen molar-refractivity contribution in [3.63, 3.8) is 0 Å². The maximum atomic E-state index is 12.2. The Hall–Kier alpha value is -2.42. The summed E-state index contributed by atoms with van der Waals surface area (Å²) in [5.74, 6) is -0.470. The van der Waals surface area contributed by atoms with Gasteiger partial charge < -0.3 is 20.1 Å². The maximum absolute atomic E-state index is 12.2. The van der Waals surface area contributed by atoms with E-state index < -0.39 is 12.0 Å². The summed E-state index contributed by atoms with van der Waals surface area (Å²) in [5, 5.41) is 7.16. The largest absolute Gasteiger partial charge is 0.465 e. The lowest BCUT2D eigenvalue weighted by Crippen LogP contribution is -2.35. The molecule has 8 heteroatoms. The van der Waals surface area contributed by atoms with Gasteiger partial charge in [0.05, 0.1) is 26.0 Å². The Morgan fingerprint density at radius 3 is 2.58 bits per heavy atom. The van der Waals surface area contributed by atoms with Gasteiger partial charge in [-0.25, -0.2) is 9.59 Å². The van der Waals surface area contributed by atoms with Gasteiger partial charge in [0.1, 0.15) is 4.88 Å². The van der Waals surface area contributed by atoms with E-state index in [1.54, 1.807) is 11.4 Å². The van der Waals surface area contributed by atoms with Crippen molar-refractivity contribution in [3.05, 3.63) is 46.2 Å². The number of carbonyl (C=O) groups excluding carboxylic acids is 2. The summed E-state index contributed by atoms with van der Waals surface area (Å²) in [5.41, 5.74) is 2.30. The number of nitrogens with one attached hydrogen (secondary N) is 2. The molecule has 1 saturated heterocycles. The minimum atomic E-state index is -0.470. The van der Waals surface area contributed by atoms with Crippen molar-refractivity contribution in [2.45, 2.75) is 6.54 Å². The van der Waals surface area contributed by atoms with Crippen LogP contribution in [-0.4, -0.2) is 50.3 Å². The molecule has 1 aromatic heterocycles. The van der Waals surface area contributed by atoms with Gasteiger partial charge in [0.15, 0.2) is 0 Å².